The molecule has 0 aliphatic carbocycles. The van der Waals surface area contributed by atoms with Gasteiger partial charge in [-0.05, 0) is 6.07 Å². The van der Waals surface area contributed by atoms with Crippen LogP contribution in [0.15, 0.2) is 23.4 Å². The Hall–Kier alpha value is -0.540. The van der Waals surface area contributed by atoms with E-state index in [0.717, 1.165) is 0 Å². The molecule has 0 N–H and O–H groups in total. The van der Waals surface area contributed by atoms with Crippen LogP contribution < -0.4 is 0 Å². The zero-order chi connectivity index (χ0) is 6.10. The van der Waals surface area contributed by atoms with Crippen LogP contribution in [-0.4, -0.2) is 4.98 Å². The number of nitrogens with zero attached hydrogens (tertiary/aromatic N) is 1. The van der Waals surface area contributed by atoms with Gasteiger partial charge in [-0.15, -0.1) is 0 Å². The second-order valence-electron chi connectivity index (χ2n) is 1.83. The summed E-state index contributed by atoms with van der Waals surface area (Å²) in [6.07, 6.45) is 3.62. The van der Waals surface area contributed by atoms with Crippen molar-refractivity contribution < 1.29 is 4.18 Å². The first kappa shape index (κ1) is 5.26. The van der Waals surface area contributed by atoms with Gasteiger partial charge in [-0.2, -0.15) is 0 Å². The van der Waals surface area contributed by atoms with Crippen LogP contribution in [0.5, 0.6) is 0 Å². The van der Waals surface area contributed by atoms with E-state index in [2.05, 4.69) is 4.98 Å². The summed E-state index contributed by atoms with van der Waals surface area (Å²) >= 11 is 1.43. The molecule has 0 unspecified atom stereocenters. The number of rotatable bonds is 0. The molecule has 0 saturated heterocycles. The predicted molar refractivity (Wildman–Crippen MR) is 34.9 cm³/mol. The Morgan fingerprint density at radius 2 is 2.67 bits per heavy atom. The summed E-state index contributed by atoms with van der Waals surface area (Å²) in [5.41, 5.74) is 1.20. The van der Waals surface area contributed by atoms with Crippen LogP contribution in [0, 0.1) is 0 Å². The van der Waals surface area contributed by atoms with Crippen LogP contribution >= 0.6 is 12.0 Å². The molecule has 0 aromatic carbocycles. The van der Waals surface area contributed by atoms with Gasteiger partial charge < -0.3 is 4.18 Å². The van der Waals surface area contributed by atoms with Gasteiger partial charge in [-0.3, -0.25) is 4.98 Å². The SMILES string of the molecule is c1cc2c(cn1)COS2. The number of hydrogen-bond donors (Lipinski definition) is 0. The molecular weight excluding hydrogens is 134 g/mol. The van der Waals surface area contributed by atoms with Gasteiger partial charge in [0, 0.05) is 34.9 Å². The summed E-state index contributed by atoms with van der Waals surface area (Å²) in [6.45, 7) is 0.702. The highest BCUT2D eigenvalue weighted by atomic mass is 32.2. The standard InChI is InChI=1S/C6H5NOS/c1-2-7-3-5-4-8-9-6(1)5/h1-3H,4H2. The Kier molecular flexibility index (Phi) is 1.17. The van der Waals surface area contributed by atoms with E-state index in [0.29, 0.717) is 6.61 Å². The average molecular weight is 139 g/mol. The van der Waals surface area contributed by atoms with Crippen LogP contribution in [-0.2, 0) is 10.8 Å². The molecule has 2 heterocycles. The molecule has 2 nitrogen and oxygen atoms in total. The number of aromatic nitrogens is 1. The maximum absolute atomic E-state index is 5.09. The second kappa shape index (κ2) is 2.01. The lowest BCUT2D eigenvalue weighted by atomic mass is 10.3. The molecule has 9 heavy (non-hydrogen) atoms. The van der Waals surface area contributed by atoms with Gasteiger partial charge in [0.15, 0.2) is 0 Å². The highest BCUT2D eigenvalue weighted by Gasteiger charge is 2.10. The van der Waals surface area contributed by atoms with Gasteiger partial charge in [0.05, 0.1) is 6.61 Å². The topological polar surface area (TPSA) is 22.1 Å². The summed E-state index contributed by atoms with van der Waals surface area (Å²) in [5.74, 6) is 0. The van der Waals surface area contributed by atoms with Crippen molar-refractivity contribution in [2.24, 2.45) is 0 Å². The summed E-state index contributed by atoms with van der Waals surface area (Å²) in [7, 11) is 0. The molecule has 0 saturated carbocycles. The molecule has 0 radical (unpaired) electrons. The summed E-state index contributed by atoms with van der Waals surface area (Å²) in [6, 6.07) is 1.97. The third kappa shape index (κ3) is 0.821. The lowest BCUT2D eigenvalue weighted by Crippen LogP contribution is -1.79. The fraction of sp³-hybridized carbons (Fsp3) is 0.167. The normalized spacial score (nSPS) is 15.6. The monoisotopic (exact) mass is 139 g/mol. The van der Waals surface area contributed by atoms with Crippen molar-refractivity contribution in [1.82, 2.24) is 4.98 Å². The van der Waals surface area contributed by atoms with Gasteiger partial charge in [-0.25, -0.2) is 0 Å². The first-order valence-electron chi connectivity index (χ1n) is 2.69. The summed E-state index contributed by atoms with van der Waals surface area (Å²) < 4.78 is 5.09. The molecule has 1 aromatic heterocycles. The number of fused-ring (bicyclic) bond motifs is 1. The molecule has 0 bridgehead atoms. The first-order chi connectivity index (χ1) is 4.47. The fourth-order valence-electron chi connectivity index (χ4n) is 0.761. The maximum atomic E-state index is 5.09. The second-order valence-corrected chi connectivity index (χ2v) is 2.67. The lowest BCUT2D eigenvalue weighted by Gasteiger charge is -1.88. The van der Waals surface area contributed by atoms with Crippen molar-refractivity contribution >= 4 is 12.0 Å². The van der Waals surface area contributed by atoms with Gasteiger partial charge in [0.2, 0.25) is 0 Å². The molecule has 1 aromatic rings. The van der Waals surface area contributed by atoms with Gasteiger partial charge in [-0.1, -0.05) is 0 Å². The van der Waals surface area contributed by atoms with Crippen LogP contribution in [0.2, 0.25) is 0 Å². The van der Waals surface area contributed by atoms with E-state index in [1.807, 2.05) is 12.3 Å². The van der Waals surface area contributed by atoms with Gasteiger partial charge in [0.25, 0.3) is 0 Å². The quantitative estimate of drug-likeness (QED) is 0.510. The van der Waals surface area contributed by atoms with Crippen molar-refractivity contribution in [3.05, 3.63) is 24.0 Å². The summed E-state index contributed by atoms with van der Waals surface area (Å²) in [5, 5.41) is 0. The largest absolute Gasteiger partial charge is 0.305 e. The lowest BCUT2D eigenvalue weighted by molar-refractivity contribution is 0.379. The zero-order valence-corrected chi connectivity index (χ0v) is 5.52. The molecule has 46 valence electrons. The van der Waals surface area contributed by atoms with Crippen molar-refractivity contribution in [3.8, 4) is 0 Å². The van der Waals surface area contributed by atoms with Crippen molar-refractivity contribution in [2.45, 2.75) is 11.5 Å². The van der Waals surface area contributed by atoms with Crippen molar-refractivity contribution in [1.29, 1.82) is 0 Å². The minimum absolute atomic E-state index is 0.702. The van der Waals surface area contributed by atoms with Crippen LogP contribution in [0.25, 0.3) is 0 Å². The Labute approximate surface area is 57.5 Å². The molecule has 3 heteroatoms. The third-order valence-corrected chi connectivity index (χ3v) is 2.04. The maximum Gasteiger partial charge on any atom is 0.0895 e. The van der Waals surface area contributed by atoms with E-state index in [9.17, 15) is 0 Å². The van der Waals surface area contributed by atoms with Gasteiger partial charge in [0.1, 0.15) is 0 Å². The van der Waals surface area contributed by atoms with Crippen LogP contribution in [0.3, 0.4) is 0 Å². The third-order valence-electron chi connectivity index (χ3n) is 1.22. The molecule has 0 fully saturated rings. The Balaban J connectivity index is 2.54. The highest BCUT2D eigenvalue weighted by Crippen LogP contribution is 2.30. The molecule has 0 amide bonds. The molecule has 1 aliphatic heterocycles. The molecule has 0 atom stereocenters. The van der Waals surface area contributed by atoms with Crippen molar-refractivity contribution in [3.63, 3.8) is 0 Å². The highest BCUT2D eigenvalue weighted by molar-refractivity contribution is 7.95. The van der Waals surface area contributed by atoms with Crippen LogP contribution in [0.1, 0.15) is 5.56 Å². The Morgan fingerprint density at radius 3 is 3.56 bits per heavy atom. The number of hydrogen-bond acceptors (Lipinski definition) is 3. The minimum Gasteiger partial charge on any atom is -0.305 e. The van der Waals surface area contributed by atoms with Crippen molar-refractivity contribution in [2.75, 3.05) is 0 Å². The molecule has 0 spiro atoms. The first-order valence-corrected chi connectivity index (χ1v) is 3.43. The summed E-state index contributed by atoms with van der Waals surface area (Å²) in [4.78, 5) is 5.16. The van der Waals surface area contributed by atoms with E-state index in [4.69, 9.17) is 4.18 Å². The average Bonchev–Trinajstić information content (AvgIpc) is 2.33. The molecule has 1 aliphatic rings. The van der Waals surface area contributed by atoms with E-state index in [1.54, 1.807) is 6.20 Å². The van der Waals surface area contributed by atoms with E-state index >= 15 is 0 Å². The Bertz CT molecular complexity index is 203. The van der Waals surface area contributed by atoms with Gasteiger partial charge >= 0.3 is 0 Å². The van der Waals surface area contributed by atoms with E-state index in [-0.39, 0.29) is 0 Å². The number of pyridine rings is 1. The van der Waals surface area contributed by atoms with E-state index < -0.39 is 0 Å². The Morgan fingerprint density at radius 1 is 1.67 bits per heavy atom. The minimum atomic E-state index is 0.702. The zero-order valence-electron chi connectivity index (χ0n) is 4.70. The molecule has 2 rings (SSSR count). The smallest absolute Gasteiger partial charge is 0.0895 e. The fourth-order valence-corrected chi connectivity index (χ4v) is 1.41. The van der Waals surface area contributed by atoms with E-state index in [1.165, 1.54) is 22.5 Å². The molecular formula is C6H5NOS. The van der Waals surface area contributed by atoms with Crippen LogP contribution in [0.4, 0.5) is 0 Å². The predicted octanol–water partition coefficient (Wildman–Crippen LogP) is 1.62.